The summed E-state index contributed by atoms with van der Waals surface area (Å²) in [5.74, 6) is -2.35. The van der Waals surface area contributed by atoms with Crippen LogP contribution in [0, 0.1) is 11.6 Å². The van der Waals surface area contributed by atoms with Crippen molar-refractivity contribution >= 4 is 38.9 Å². The van der Waals surface area contributed by atoms with Gasteiger partial charge in [0, 0.05) is 10.6 Å². The van der Waals surface area contributed by atoms with Gasteiger partial charge < -0.3 is 9.88 Å². The van der Waals surface area contributed by atoms with E-state index in [0.717, 1.165) is 28.6 Å². The minimum atomic E-state index is -0.818. The van der Waals surface area contributed by atoms with E-state index < -0.39 is 17.5 Å². The number of carbonyl (C=O) groups excluding carboxylic acids is 2. The molecular formula is C22H15F2N3O3S. The Kier molecular flexibility index (Phi) is 5.43. The van der Waals surface area contributed by atoms with Crippen LogP contribution in [0.15, 0.2) is 59.7 Å². The zero-order chi connectivity index (χ0) is 22.1. The van der Waals surface area contributed by atoms with Crippen molar-refractivity contribution in [2.75, 3.05) is 5.32 Å². The number of ketones is 1. The first-order chi connectivity index (χ1) is 14.8. The van der Waals surface area contributed by atoms with Gasteiger partial charge in [-0.3, -0.25) is 14.4 Å². The summed E-state index contributed by atoms with van der Waals surface area (Å²) in [6, 6.07) is 11.2. The third-order valence-electron chi connectivity index (χ3n) is 4.52. The largest absolute Gasteiger partial charge is 0.323 e. The van der Waals surface area contributed by atoms with Gasteiger partial charge >= 0.3 is 0 Å². The van der Waals surface area contributed by atoms with Crippen LogP contribution in [0.2, 0.25) is 0 Å². The van der Waals surface area contributed by atoms with E-state index in [9.17, 15) is 23.2 Å². The summed E-state index contributed by atoms with van der Waals surface area (Å²) in [7, 11) is 0. The lowest BCUT2D eigenvalue weighted by Crippen LogP contribution is -2.14. The molecule has 1 N–H and O–H groups in total. The average molecular weight is 439 g/mol. The number of nitrogens with one attached hydrogen (secondary N) is 1. The summed E-state index contributed by atoms with van der Waals surface area (Å²) in [5, 5.41) is 2.53. The molecule has 1 amide bonds. The first-order valence-electron chi connectivity index (χ1n) is 9.17. The third kappa shape index (κ3) is 4.26. The van der Waals surface area contributed by atoms with Crippen molar-refractivity contribution in [2.45, 2.75) is 13.5 Å². The number of hydrogen-bond donors (Lipinski definition) is 1. The van der Waals surface area contributed by atoms with Crippen LogP contribution in [-0.2, 0) is 11.3 Å². The molecule has 0 aliphatic rings. The standard InChI is InChI=1S/C22H15F2N3O3S/c1-12(28)10-27-11-25-22(30)20-18(27)9-19(31-20)13-2-5-15(6-3-13)26-21(29)16-8-14(23)4-7-17(16)24/h2-9,11H,10H2,1H3,(H,26,29). The molecule has 0 radical (unpaired) electrons. The Bertz CT molecular complexity index is 1380. The molecule has 0 atom stereocenters. The molecule has 2 aromatic carbocycles. The number of anilines is 1. The lowest BCUT2D eigenvalue weighted by molar-refractivity contribution is -0.117. The molecule has 4 rings (SSSR count). The zero-order valence-electron chi connectivity index (χ0n) is 16.2. The maximum atomic E-state index is 13.8. The zero-order valence-corrected chi connectivity index (χ0v) is 17.0. The molecule has 0 spiro atoms. The van der Waals surface area contributed by atoms with E-state index in [0.29, 0.717) is 15.9 Å². The second-order valence-electron chi connectivity index (χ2n) is 6.86. The first kappa shape index (κ1) is 20.5. The molecule has 156 valence electrons. The van der Waals surface area contributed by atoms with Gasteiger partial charge in [-0.25, -0.2) is 8.78 Å². The summed E-state index contributed by atoms with van der Waals surface area (Å²) in [6.07, 6.45) is 1.35. The van der Waals surface area contributed by atoms with E-state index in [1.165, 1.54) is 24.6 Å². The molecule has 0 unspecified atom stereocenters. The van der Waals surface area contributed by atoms with E-state index in [1.54, 1.807) is 28.8 Å². The summed E-state index contributed by atoms with van der Waals surface area (Å²) >= 11 is 1.25. The van der Waals surface area contributed by atoms with Crippen LogP contribution in [0.4, 0.5) is 14.5 Å². The maximum absolute atomic E-state index is 13.8. The van der Waals surface area contributed by atoms with E-state index in [2.05, 4.69) is 10.3 Å². The number of Topliss-reactive ketones (excluding diaryl/α,β-unsaturated/α-hetero) is 1. The summed E-state index contributed by atoms with van der Waals surface area (Å²) in [4.78, 5) is 40.4. The fourth-order valence-electron chi connectivity index (χ4n) is 3.09. The Labute approximate surface area is 178 Å². The van der Waals surface area contributed by atoms with Crippen LogP contribution in [-0.4, -0.2) is 21.2 Å². The molecule has 0 bridgehead atoms. The number of benzene rings is 2. The van der Waals surface area contributed by atoms with Gasteiger partial charge in [0.05, 0.1) is 24.0 Å². The van der Waals surface area contributed by atoms with Crippen LogP contribution >= 0.6 is 11.3 Å². The fourth-order valence-corrected chi connectivity index (χ4v) is 4.15. The van der Waals surface area contributed by atoms with Crippen molar-refractivity contribution in [2.24, 2.45) is 0 Å². The molecule has 0 aliphatic carbocycles. The van der Waals surface area contributed by atoms with Gasteiger partial charge in [-0.1, -0.05) is 12.1 Å². The van der Waals surface area contributed by atoms with Gasteiger partial charge in [0.15, 0.2) is 0 Å². The first-order valence-corrected chi connectivity index (χ1v) is 9.99. The molecule has 2 heterocycles. The SMILES string of the molecule is CC(=O)Cn1cnc(=O)c2sc(-c3ccc(NC(=O)c4cc(F)ccc4F)cc3)cc21. The lowest BCUT2D eigenvalue weighted by Gasteiger charge is -2.07. The molecule has 4 aromatic rings. The monoisotopic (exact) mass is 439 g/mol. The maximum Gasteiger partial charge on any atom is 0.290 e. The molecule has 0 aliphatic heterocycles. The minimum absolute atomic E-state index is 0.0608. The molecule has 31 heavy (non-hydrogen) atoms. The Hall–Kier alpha value is -3.72. The molecule has 0 saturated heterocycles. The van der Waals surface area contributed by atoms with Crippen molar-refractivity contribution < 1.29 is 18.4 Å². The van der Waals surface area contributed by atoms with Crippen LogP contribution in [0.1, 0.15) is 17.3 Å². The third-order valence-corrected chi connectivity index (χ3v) is 5.69. The van der Waals surface area contributed by atoms with Crippen molar-refractivity contribution in [3.8, 4) is 10.4 Å². The van der Waals surface area contributed by atoms with Gasteiger partial charge in [-0.05, 0) is 48.9 Å². The van der Waals surface area contributed by atoms with Crippen molar-refractivity contribution in [3.05, 3.63) is 82.4 Å². The highest BCUT2D eigenvalue weighted by molar-refractivity contribution is 7.22. The Morgan fingerprint density at radius 2 is 1.84 bits per heavy atom. The van der Waals surface area contributed by atoms with Gasteiger partial charge in [0.25, 0.3) is 11.5 Å². The van der Waals surface area contributed by atoms with Crippen LogP contribution in [0.3, 0.4) is 0 Å². The van der Waals surface area contributed by atoms with Crippen molar-refractivity contribution in [3.63, 3.8) is 0 Å². The number of amides is 1. The molecule has 2 aromatic heterocycles. The molecular weight excluding hydrogens is 424 g/mol. The lowest BCUT2D eigenvalue weighted by atomic mass is 10.1. The number of thiophene rings is 1. The predicted octanol–water partition coefficient (Wildman–Crippen LogP) is 4.24. The van der Waals surface area contributed by atoms with Crippen LogP contribution in [0.5, 0.6) is 0 Å². The van der Waals surface area contributed by atoms with Gasteiger partial charge in [-0.2, -0.15) is 4.98 Å². The molecule has 0 saturated carbocycles. The summed E-state index contributed by atoms with van der Waals surface area (Å²) in [6.45, 7) is 1.57. The number of halogens is 2. The molecule has 9 heteroatoms. The Morgan fingerprint density at radius 1 is 1.10 bits per heavy atom. The van der Waals surface area contributed by atoms with E-state index in [1.807, 2.05) is 6.07 Å². The summed E-state index contributed by atoms with van der Waals surface area (Å²) < 4.78 is 29.2. The smallest absolute Gasteiger partial charge is 0.290 e. The quantitative estimate of drug-likeness (QED) is 0.504. The van der Waals surface area contributed by atoms with E-state index >= 15 is 0 Å². The summed E-state index contributed by atoms with van der Waals surface area (Å²) in [5.41, 5.74) is 1.04. The Balaban J connectivity index is 1.61. The number of fused-ring (bicyclic) bond motifs is 1. The highest BCUT2D eigenvalue weighted by atomic mass is 32.1. The second-order valence-corrected chi connectivity index (χ2v) is 7.91. The number of nitrogens with zero attached hydrogens (tertiary/aromatic N) is 2. The second kappa shape index (κ2) is 8.19. The Morgan fingerprint density at radius 3 is 2.55 bits per heavy atom. The number of carbonyl (C=O) groups is 2. The fraction of sp³-hybridized carbons (Fsp3) is 0.0909. The number of aromatic nitrogens is 2. The number of rotatable bonds is 5. The van der Waals surface area contributed by atoms with Crippen molar-refractivity contribution in [1.82, 2.24) is 9.55 Å². The van der Waals surface area contributed by atoms with Crippen molar-refractivity contribution in [1.29, 1.82) is 0 Å². The number of hydrogen-bond acceptors (Lipinski definition) is 5. The van der Waals surface area contributed by atoms with Crippen LogP contribution < -0.4 is 10.9 Å². The topological polar surface area (TPSA) is 81.1 Å². The van der Waals surface area contributed by atoms with Crippen LogP contribution in [0.25, 0.3) is 20.7 Å². The average Bonchev–Trinajstić information content (AvgIpc) is 3.19. The van der Waals surface area contributed by atoms with Gasteiger partial charge in [0.1, 0.15) is 22.1 Å². The minimum Gasteiger partial charge on any atom is -0.323 e. The predicted molar refractivity (Wildman–Crippen MR) is 114 cm³/mol. The normalized spacial score (nSPS) is 10.9. The highest BCUT2D eigenvalue weighted by Gasteiger charge is 2.14. The van der Waals surface area contributed by atoms with Gasteiger partial charge in [-0.15, -0.1) is 11.3 Å². The molecule has 0 fully saturated rings. The van der Waals surface area contributed by atoms with E-state index in [-0.39, 0.29) is 23.5 Å². The van der Waals surface area contributed by atoms with Gasteiger partial charge in [0.2, 0.25) is 0 Å². The van der Waals surface area contributed by atoms with E-state index in [4.69, 9.17) is 0 Å². The molecule has 6 nitrogen and oxygen atoms in total. The highest BCUT2D eigenvalue weighted by Crippen LogP contribution is 2.32.